The molecule has 1 aliphatic carbocycles. The number of amides is 4. The second-order valence-electron chi connectivity index (χ2n) is 18.8. The van der Waals surface area contributed by atoms with Crippen LogP contribution in [-0.2, 0) is 24.2 Å². The molecule has 362 valence electrons. The first-order chi connectivity index (χ1) is 31.9. The van der Waals surface area contributed by atoms with E-state index in [1.807, 2.05) is 18.7 Å². The first-order valence-corrected chi connectivity index (χ1v) is 24.5. The number of carbonyl (C=O) groups excluding carboxylic acids is 4. The molecule has 7 rings (SSSR count). The molecule has 3 fully saturated rings. The van der Waals surface area contributed by atoms with Gasteiger partial charge in [-0.1, -0.05) is 19.3 Å². The first kappa shape index (κ1) is 48.9. The number of sulfone groups is 1. The number of primary amides is 1. The van der Waals surface area contributed by atoms with E-state index in [-0.39, 0.29) is 53.5 Å². The van der Waals surface area contributed by atoms with Crippen molar-refractivity contribution < 1.29 is 32.3 Å². The first-order valence-electron chi connectivity index (χ1n) is 23.0. The van der Waals surface area contributed by atoms with Gasteiger partial charge in [-0.2, -0.15) is 5.10 Å². The van der Waals surface area contributed by atoms with Gasteiger partial charge in [-0.3, -0.25) is 29.2 Å². The predicted molar refractivity (Wildman–Crippen MR) is 252 cm³/mol. The smallest absolute Gasteiger partial charge is 0.254 e. The molecule has 4 atom stereocenters. The topological polar surface area (TPSA) is 276 Å². The highest BCUT2D eigenvalue weighted by atomic mass is 32.2. The zero-order valence-corrected chi connectivity index (χ0v) is 40.2. The van der Waals surface area contributed by atoms with Gasteiger partial charge in [-0.25, -0.2) is 28.4 Å². The fourth-order valence-corrected chi connectivity index (χ4v) is 10.1. The Balaban J connectivity index is 0.939. The second kappa shape index (κ2) is 20.5. The van der Waals surface area contributed by atoms with Crippen LogP contribution in [0.1, 0.15) is 87.8 Å². The molecule has 7 N–H and O–H groups in total. The van der Waals surface area contributed by atoms with E-state index in [0.717, 1.165) is 43.4 Å². The van der Waals surface area contributed by atoms with E-state index in [4.69, 9.17) is 10.5 Å². The van der Waals surface area contributed by atoms with E-state index in [0.29, 0.717) is 61.2 Å². The number of nitrogens with zero attached hydrogens (tertiary/aromatic N) is 8. The molecule has 0 unspecified atom stereocenters. The largest absolute Gasteiger partial charge is 0.491 e. The highest BCUT2D eigenvalue weighted by Crippen LogP contribution is 2.37. The summed E-state index contributed by atoms with van der Waals surface area (Å²) in [5.74, 6) is -0.198. The third-order valence-corrected chi connectivity index (χ3v) is 15.8. The molecule has 67 heavy (non-hydrogen) atoms. The van der Waals surface area contributed by atoms with Crippen LogP contribution in [0.5, 0.6) is 5.75 Å². The van der Waals surface area contributed by atoms with Gasteiger partial charge in [0.25, 0.3) is 5.91 Å². The molecule has 3 aliphatic rings. The molecule has 2 aliphatic heterocycles. The summed E-state index contributed by atoms with van der Waals surface area (Å²) < 4.78 is 33.0. The van der Waals surface area contributed by atoms with Crippen LogP contribution in [0.3, 0.4) is 0 Å². The molecule has 0 radical (unpaired) electrons. The molecule has 1 saturated carbocycles. The van der Waals surface area contributed by atoms with Crippen molar-refractivity contribution in [3.8, 4) is 5.75 Å². The summed E-state index contributed by atoms with van der Waals surface area (Å²) >= 11 is 0. The number of anilines is 3. The minimum absolute atomic E-state index is 0.0508. The third-order valence-electron chi connectivity index (χ3n) is 13.3. The number of H-pyrrole nitrogens is 1. The van der Waals surface area contributed by atoms with Crippen molar-refractivity contribution in [1.82, 2.24) is 55.9 Å². The van der Waals surface area contributed by atoms with Crippen LogP contribution in [-0.4, -0.2) is 154 Å². The lowest BCUT2D eigenvalue weighted by atomic mass is 9.83. The summed E-state index contributed by atoms with van der Waals surface area (Å²) in [6.07, 6.45) is 8.99. The number of likely N-dealkylation sites (tertiary alicyclic amines) is 1. The Hall–Kier alpha value is -6.00. The molecule has 22 heteroatoms. The van der Waals surface area contributed by atoms with Gasteiger partial charge < -0.3 is 41.5 Å². The van der Waals surface area contributed by atoms with Gasteiger partial charge in [0.05, 0.1) is 21.9 Å². The molecular formula is C45H64N14O7S. The number of aromatic amines is 1. The van der Waals surface area contributed by atoms with Gasteiger partial charge in [0.15, 0.2) is 15.7 Å². The average Bonchev–Trinajstić information content (AvgIpc) is 3.89. The predicted octanol–water partition coefficient (Wildman–Crippen LogP) is 2.13. The van der Waals surface area contributed by atoms with Crippen molar-refractivity contribution >= 4 is 62.0 Å². The minimum atomic E-state index is -3.86. The lowest BCUT2D eigenvalue weighted by Gasteiger charge is -2.34. The maximum atomic E-state index is 14.1. The molecule has 3 aromatic heterocycles. The Morgan fingerprint density at radius 3 is 2.30 bits per heavy atom. The quantitative estimate of drug-likeness (QED) is 0.0939. The number of hydrogen-bond acceptors (Lipinski definition) is 16. The molecule has 4 amide bonds. The highest BCUT2D eigenvalue weighted by molar-refractivity contribution is 7.92. The number of fused-ring (bicyclic) bond motifs is 1. The monoisotopic (exact) mass is 944 g/mol. The third kappa shape index (κ3) is 10.9. The van der Waals surface area contributed by atoms with Gasteiger partial charge in [0.1, 0.15) is 41.5 Å². The summed E-state index contributed by atoms with van der Waals surface area (Å²) in [5.41, 5.74) is 8.34. The molecule has 0 bridgehead atoms. The lowest BCUT2D eigenvalue weighted by molar-refractivity contribution is -0.142. The molecule has 4 aromatic rings. The number of benzene rings is 1. The average molecular weight is 945 g/mol. The number of rotatable bonds is 16. The second-order valence-corrected chi connectivity index (χ2v) is 21.4. The Labute approximate surface area is 391 Å². The van der Waals surface area contributed by atoms with Gasteiger partial charge in [-0.15, -0.1) is 0 Å². The molecule has 5 heterocycles. The lowest BCUT2D eigenvalue weighted by Crippen LogP contribution is -2.58. The molecule has 0 spiro atoms. The van der Waals surface area contributed by atoms with Crippen molar-refractivity contribution in [2.75, 3.05) is 63.1 Å². The van der Waals surface area contributed by atoms with Crippen LogP contribution in [0, 0.1) is 19.8 Å². The van der Waals surface area contributed by atoms with Crippen molar-refractivity contribution in [2.24, 2.45) is 11.7 Å². The van der Waals surface area contributed by atoms with Crippen molar-refractivity contribution in [3.63, 3.8) is 0 Å². The maximum Gasteiger partial charge on any atom is 0.254 e. The van der Waals surface area contributed by atoms with E-state index in [1.54, 1.807) is 46.9 Å². The van der Waals surface area contributed by atoms with Crippen LogP contribution in [0.15, 0.2) is 35.7 Å². The number of ether oxygens (including phenoxy) is 1. The maximum absolute atomic E-state index is 14.1. The van der Waals surface area contributed by atoms with E-state index < -0.39 is 50.6 Å². The summed E-state index contributed by atoms with van der Waals surface area (Å²) in [6.45, 7) is 13.8. The number of likely N-dealkylation sites (N-methyl/N-ethyl adjacent to an activating group) is 1. The number of nitrogens with one attached hydrogen (secondary N) is 5. The summed E-state index contributed by atoms with van der Waals surface area (Å²) in [7, 11) is -2.19. The Bertz CT molecular complexity index is 2550. The van der Waals surface area contributed by atoms with Crippen LogP contribution < -0.4 is 36.6 Å². The summed E-state index contributed by atoms with van der Waals surface area (Å²) in [6, 6.07) is 0.390. The van der Waals surface area contributed by atoms with Crippen LogP contribution in [0.4, 0.5) is 17.6 Å². The zero-order valence-electron chi connectivity index (χ0n) is 39.4. The van der Waals surface area contributed by atoms with E-state index in [9.17, 15) is 27.6 Å². The number of aromatic nitrogens is 6. The molecule has 2 saturated heterocycles. The Kier molecular flexibility index (Phi) is 14.9. The fraction of sp³-hybridized carbons (Fsp3) is 0.578. The Morgan fingerprint density at radius 2 is 1.67 bits per heavy atom. The molecular weight excluding hydrogens is 881 g/mol. The van der Waals surface area contributed by atoms with Crippen molar-refractivity contribution in [1.29, 1.82) is 0 Å². The normalized spacial score (nSPS) is 19.5. The minimum Gasteiger partial charge on any atom is -0.491 e. The van der Waals surface area contributed by atoms with Gasteiger partial charge >= 0.3 is 0 Å². The number of carbonyl (C=O) groups is 4. The van der Waals surface area contributed by atoms with E-state index in [2.05, 4.69) is 56.3 Å². The van der Waals surface area contributed by atoms with Gasteiger partial charge in [-0.05, 0) is 79.8 Å². The Morgan fingerprint density at radius 1 is 0.970 bits per heavy atom. The number of piperazine rings is 1. The number of aryl methyl sites for hydroxylation is 1. The van der Waals surface area contributed by atoms with Crippen LogP contribution in [0.2, 0.25) is 0 Å². The van der Waals surface area contributed by atoms with Crippen molar-refractivity contribution in [2.45, 2.75) is 114 Å². The standard InChI is InChI=1S/C45H64N14O7S/c1-26-27(2)55-56-39(26)54-40-32-20-36(67(64,65)45(4,5)6)35(21-33(32)50-25-51-40)66-18-17-57-13-15-58(16-14-57)44-48-22-30(23-49-44)42(62)52-31-19-34(38(46)60)59(24-31)43(63)37(29-11-9-8-10-12-29)53-41(61)28(3)47-7/h20-23,25,28-29,31,34,37,47H,8-19,24H2,1-7H3,(H2,46,60)(H,52,62)(H,53,61)(H2,50,51,54,55,56)/t28-,31-,34-,37-/m0/s1. The molecule has 1 aromatic carbocycles. The highest BCUT2D eigenvalue weighted by Gasteiger charge is 2.44. The van der Waals surface area contributed by atoms with Gasteiger partial charge in [0.2, 0.25) is 23.7 Å². The van der Waals surface area contributed by atoms with Crippen molar-refractivity contribution in [3.05, 3.63) is 47.7 Å². The van der Waals surface area contributed by atoms with E-state index >= 15 is 0 Å². The van der Waals surface area contributed by atoms with Gasteiger partial charge in [0, 0.05) is 80.4 Å². The van der Waals surface area contributed by atoms with E-state index in [1.165, 1.54) is 23.6 Å². The number of hydrogen-bond donors (Lipinski definition) is 6. The fourth-order valence-electron chi connectivity index (χ4n) is 8.75. The molecule has 21 nitrogen and oxygen atoms in total. The SMILES string of the molecule is CN[C@@H](C)C(=O)N[C@H](C(=O)N1C[C@@H](NC(=O)c2cnc(N3CCN(CCOc4cc5ncnc(Nc6n[nH]c(C)c6C)c5cc4S(=O)(=O)C(C)(C)C)CC3)nc2)C[C@H]1C(N)=O)C1CCCCC1. The van der Waals surface area contributed by atoms with Crippen LogP contribution in [0.25, 0.3) is 10.9 Å². The summed E-state index contributed by atoms with van der Waals surface area (Å²) in [4.78, 5) is 76.7. The van der Waals surface area contributed by atoms with Crippen LogP contribution >= 0.6 is 0 Å². The zero-order chi connectivity index (χ0) is 48.2. The summed E-state index contributed by atoms with van der Waals surface area (Å²) in [5, 5.41) is 19.8. The number of nitrogens with two attached hydrogens (primary N) is 1.